The molecule has 0 saturated heterocycles. The number of likely N-dealkylation sites (N-methyl/N-ethyl adjacent to an activating group) is 1. The summed E-state index contributed by atoms with van der Waals surface area (Å²) in [5.74, 6) is -0.821. The average Bonchev–Trinajstić information content (AvgIpc) is 3.36. The number of nitrogens with zero attached hydrogens (tertiary/aromatic N) is 1. The van der Waals surface area contributed by atoms with Crippen LogP contribution in [-0.4, -0.2) is 70.0 Å². The minimum Gasteiger partial charge on any atom is -0.756 e. The second kappa shape index (κ2) is 56.2. The second-order valence-corrected chi connectivity index (χ2v) is 24.5. The van der Waals surface area contributed by atoms with E-state index >= 15 is 0 Å². The van der Waals surface area contributed by atoms with Gasteiger partial charge in [-0.2, -0.15) is 0 Å². The molecule has 0 radical (unpaired) electrons. The molecule has 0 saturated carbocycles. The average molecular weight is 1070 g/mol. The van der Waals surface area contributed by atoms with Crippen molar-refractivity contribution in [2.24, 2.45) is 0 Å². The maximum absolute atomic E-state index is 12.8. The van der Waals surface area contributed by atoms with Crippen LogP contribution in [0.3, 0.4) is 0 Å². The number of carbonyl (C=O) groups is 2. The maximum Gasteiger partial charge on any atom is 0.306 e. The zero-order chi connectivity index (χ0) is 54.2. The van der Waals surface area contributed by atoms with E-state index in [0.29, 0.717) is 17.4 Å². The van der Waals surface area contributed by atoms with Crippen molar-refractivity contribution in [3.8, 4) is 0 Å². The van der Waals surface area contributed by atoms with Gasteiger partial charge in [0.15, 0.2) is 6.10 Å². The lowest BCUT2D eigenvalue weighted by Gasteiger charge is -2.28. The van der Waals surface area contributed by atoms with Crippen LogP contribution in [0, 0.1) is 0 Å². The molecule has 10 heteroatoms. The SMILES string of the molecule is CCCCC/C=C\C/C=C\CCCCCCCCCCCC(=O)OC(COC(=O)CCCCCCCCCCCCCCCCCCCCCCCCCCCCCCCCC)COP(=O)([O-])OCC[N+](C)(C)C. The molecule has 0 aliphatic heterocycles. The van der Waals surface area contributed by atoms with Gasteiger partial charge in [-0.1, -0.05) is 289 Å². The van der Waals surface area contributed by atoms with Crippen LogP contribution in [0.2, 0.25) is 0 Å². The second-order valence-electron chi connectivity index (χ2n) is 23.1. The molecule has 0 N–H and O–H groups in total. The predicted molar refractivity (Wildman–Crippen MR) is 314 cm³/mol. The molecule has 0 bridgehead atoms. The largest absolute Gasteiger partial charge is 0.756 e. The van der Waals surface area contributed by atoms with E-state index in [4.69, 9.17) is 18.5 Å². The Kier molecular flexibility index (Phi) is 55.1. The van der Waals surface area contributed by atoms with E-state index in [1.54, 1.807) is 0 Å². The lowest BCUT2D eigenvalue weighted by molar-refractivity contribution is -0.870. The lowest BCUT2D eigenvalue weighted by atomic mass is 10.0. The fourth-order valence-electron chi connectivity index (χ4n) is 9.51. The van der Waals surface area contributed by atoms with Crippen molar-refractivity contribution >= 4 is 19.8 Å². The Balaban J connectivity index is 4.00. The first-order valence-electron chi connectivity index (χ1n) is 32.0. The third kappa shape index (κ3) is 59.7. The van der Waals surface area contributed by atoms with Gasteiger partial charge in [0.2, 0.25) is 0 Å². The Labute approximate surface area is 459 Å². The molecule has 0 amide bonds. The van der Waals surface area contributed by atoms with Gasteiger partial charge < -0.3 is 27.9 Å². The highest BCUT2D eigenvalue weighted by atomic mass is 31.2. The van der Waals surface area contributed by atoms with Crippen LogP contribution in [0.25, 0.3) is 0 Å². The van der Waals surface area contributed by atoms with Gasteiger partial charge in [-0.05, 0) is 44.9 Å². The third-order valence-electron chi connectivity index (χ3n) is 14.5. The van der Waals surface area contributed by atoms with Gasteiger partial charge in [0.05, 0.1) is 27.7 Å². The number of quaternary nitrogens is 1. The molecule has 2 atom stereocenters. The highest BCUT2D eigenvalue weighted by Crippen LogP contribution is 2.38. The van der Waals surface area contributed by atoms with E-state index in [2.05, 4.69) is 38.2 Å². The molecule has 9 nitrogen and oxygen atoms in total. The summed E-state index contributed by atoms with van der Waals surface area (Å²) in [7, 11) is 1.18. The monoisotopic (exact) mass is 1070 g/mol. The number of hydrogen-bond donors (Lipinski definition) is 0. The smallest absolute Gasteiger partial charge is 0.306 e. The Morgan fingerprint density at radius 1 is 0.419 bits per heavy atom. The molecule has 74 heavy (non-hydrogen) atoms. The minimum atomic E-state index is -4.63. The van der Waals surface area contributed by atoms with Crippen LogP contribution < -0.4 is 4.89 Å². The molecular weight excluding hydrogens is 942 g/mol. The number of phosphoric ester groups is 1. The van der Waals surface area contributed by atoms with E-state index in [9.17, 15) is 19.0 Å². The molecule has 0 aliphatic carbocycles. The molecule has 2 unspecified atom stereocenters. The summed E-state index contributed by atoms with van der Waals surface area (Å²) in [6, 6.07) is 0. The molecule has 0 fully saturated rings. The molecule has 0 aromatic heterocycles. The van der Waals surface area contributed by atoms with E-state index in [0.717, 1.165) is 51.4 Å². The minimum absolute atomic E-state index is 0.0292. The maximum atomic E-state index is 12.8. The Morgan fingerprint density at radius 2 is 0.730 bits per heavy atom. The summed E-state index contributed by atoms with van der Waals surface area (Å²) in [5, 5.41) is 0. The van der Waals surface area contributed by atoms with Crippen LogP contribution >= 0.6 is 7.82 Å². The van der Waals surface area contributed by atoms with E-state index in [-0.39, 0.29) is 32.0 Å². The van der Waals surface area contributed by atoms with Crippen molar-refractivity contribution in [1.29, 1.82) is 0 Å². The summed E-state index contributed by atoms with van der Waals surface area (Å²) in [6.07, 6.45) is 68.2. The summed E-state index contributed by atoms with van der Waals surface area (Å²) in [5.41, 5.74) is 0. The topological polar surface area (TPSA) is 111 Å². The Morgan fingerprint density at radius 3 is 1.09 bits per heavy atom. The number of phosphoric acid groups is 1. The normalized spacial score (nSPS) is 13.3. The van der Waals surface area contributed by atoms with Gasteiger partial charge in [0.1, 0.15) is 19.8 Å². The van der Waals surface area contributed by atoms with Crippen molar-refractivity contribution in [3.63, 3.8) is 0 Å². The first-order valence-corrected chi connectivity index (χ1v) is 33.5. The van der Waals surface area contributed by atoms with Crippen molar-refractivity contribution < 1.29 is 42.1 Å². The Bertz CT molecular complexity index is 1300. The highest BCUT2D eigenvalue weighted by molar-refractivity contribution is 7.45. The Hall–Kier alpha value is -1.51. The molecule has 438 valence electrons. The number of ether oxygens (including phenoxy) is 2. The summed E-state index contributed by atoms with van der Waals surface area (Å²) < 4.78 is 34.2. The van der Waals surface area contributed by atoms with E-state index in [1.165, 1.54) is 238 Å². The van der Waals surface area contributed by atoms with Gasteiger partial charge in [0, 0.05) is 12.8 Å². The van der Waals surface area contributed by atoms with E-state index in [1.807, 2.05) is 21.1 Å². The zero-order valence-corrected chi connectivity index (χ0v) is 50.7. The van der Waals surface area contributed by atoms with Crippen LogP contribution in [-0.2, 0) is 32.7 Å². The zero-order valence-electron chi connectivity index (χ0n) is 49.8. The molecule has 0 heterocycles. The number of hydrogen-bond acceptors (Lipinski definition) is 8. The molecule has 0 aromatic carbocycles. The first kappa shape index (κ1) is 72.5. The first-order chi connectivity index (χ1) is 36.0. The lowest BCUT2D eigenvalue weighted by Crippen LogP contribution is -2.37. The number of rotatable bonds is 60. The molecule has 0 aliphatic rings. The molecule has 0 rings (SSSR count). The van der Waals surface area contributed by atoms with Gasteiger partial charge in [0.25, 0.3) is 7.82 Å². The molecule has 0 spiro atoms. The van der Waals surface area contributed by atoms with Crippen molar-refractivity contribution in [3.05, 3.63) is 24.3 Å². The van der Waals surface area contributed by atoms with Crippen LogP contribution in [0.4, 0.5) is 0 Å². The summed E-state index contributed by atoms with van der Waals surface area (Å²) in [4.78, 5) is 37.9. The fourth-order valence-corrected chi connectivity index (χ4v) is 10.2. The molecular formula is C64H124NO8P. The number of allylic oxidation sites excluding steroid dienone is 4. The fraction of sp³-hybridized carbons (Fsp3) is 0.906. The van der Waals surface area contributed by atoms with Crippen LogP contribution in [0.5, 0.6) is 0 Å². The summed E-state index contributed by atoms with van der Waals surface area (Å²) >= 11 is 0. The standard InChI is InChI=1S/C64H124NO8P/c1-6-8-10-12-14-16-18-20-22-24-26-27-28-29-30-31-32-33-34-35-36-37-39-40-42-44-46-48-50-52-54-56-63(66)70-60-62(61-72-74(68,69)71-59-58-65(3,4)5)73-64(67)57-55-53-51-49-47-45-43-41-38-25-23-21-19-17-15-13-11-9-7-2/h15,17,21,23,62H,6-14,16,18-20,22,24-61H2,1-5H3/b17-15-,23-21-. The van der Waals surface area contributed by atoms with Gasteiger partial charge in [-0.25, -0.2) is 0 Å². The predicted octanol–water partition coefficient (Wildman–Crippen LogP) is 19.5. The van der Waals surface area contributed by atoms with Crippen LogP contribution in [0.15, 0.2) is 24.3 Å². The van der Waals surface area contributed by atoms with Crippen LogP contribution in [0.1, 0.15) is 322 Å². The van der Waals surface area contributed by atoms with Crippen molar-refractivity contribution in [1.82, 2.24) is 0 Å². The quantitative estimate of drug-likeness (QED) is 0.0195. The number of esters is 2. The van der Waals surface area contributed by atoms with E-state index < -0.39 is 26.5 Å². The third-order valence-corrected chi connectivity index (χ3v) is 15.4. The highest BCUT2D eigenvalue weighted by Gasteiger charge is 2.22. The van der Waals surface area contributed by atoms with Gasteiger partial charge in [-0.15, -0.1) is 0 Å². The van der Waals surface area contributed by atoms with Gasteiger partial charge >= 0.3 is 11.9 Å². The molecule has 0 aromatic rings. The number of unbranched alkanes of at least 4 members (excludes halogenated alkanes) is 42. The van der Waals surface area contributed by atoms with Crippen molar-refractivity contribution in [2.45, 2.75) is 328 Å². The van der Waals surface area contributed by atoms with Crippen molar-refractivity contribution in [2.75, 3.05) is 47.5 Å². The summed E-state index contributed by atoms with van der Waals surface area (Å²) in [6.45, 7) is 4.27. The number of carbonyl (C=O) groups excluding carboxylic acids is 2. The van der Waals surface area contributed by atoms with Gasteiger partial charge in [-0.3, -0.25) is 14.2 Å².